The van der Waals surface area contributed by atoms with Crippen LogP contribution in [0, 0.1) is 0 Å². The third kappa shape index (κ3) is 7.22. The van der Waals surface area contributed by atoms with Gasteiger partial charge < -0.3 is 10.2 Å². The lowest BCUT2D eigenvalue weighted by molar-refractivity contribution is -0.137. The lowest BCUT2D eigenvalue weighted by Crippen LogP contribution is -2.45. The minimum atomic E-state index is -4.68. The van der Waals surface area contributed by atoms with Gasteiger partial charge in [-0.25, -0.2) is 27.4 Å². The summed E-state index contributed by atoms with van der Waals surface area (Å²) in [7, 11) is -3.30. The van der Waals surface area contributed by atoms with Crippen LogP contribution in [0.15, 0.2) is 36.8 Å². The molecule has 0 bridgehead atoms. The number of likely N-dealkylation sites (N-methyl/N-ethyl adjacent to an activating group) is 1. The molecule has 10 nitrogen and oxygen atoms in total. The summed E-state index contributed by atoms with van der Waals surface area (Å²) in [5, 5.41) is 7.80. The Labute approximate surface area is 248 Å². The number of hydrogen-bond acceptors (Lipinski definition) is 8. The number of halogens is 4. The predicted molar refractivity (Wildman–Crippen MR) is 155 cm³/mol. The fourth-order valence-electron chi connectivity index (χ4n) is 5.33. The quantitative estimate of drug-likeness (QED) is 0.401. The van der Waals surface area contributed by atoms with Gasteiger partial charge in [0.1, 0.15) is 5.56 Å². The van der Waals surface area contributed by atoms with E-state index in [-0.39, 0.29) is 23.2 Å². The molecule has 2 saturated heterocycles. The van der Waals surface area contributed by atoms with Crippen LogP contribution in [0.3, 0.4) is 0 Å². The van der Waals surface area contributed by atoms with Gasteiger partial charge in [-0.05, 0) is 37.1 Å². The van der Waals surface area contributed by atoms with Crippen molar-refractivity contribution in [3.8, 4) is 16.9 Å². The molecule has 42 heavy (non-hydrogen) atoms. The average Bonchev–Trinajstić information content (AvgIpc) is 3.43. The minimum absolute atomic E-state index is 0.0331. The number of sulfonamides is 1. The molecule has 0 radical (unpaired) electrons. The first-order chi connectivity index (χ1) is 19.9. The van der Waals surface area contributed by atoms with E-state index in [1.807, 2.05) is 18.2 Å². The van der Waals surface area contributed by atoms with Gasteiger partial charge in [-0.2, -0.15) is 18.3 Å². The summed E-state index contributed by atoms with van der Waals surface area (Å²) < 4.78 is 68.2. The van der Waals surface area contributed by atoms with Crippen LogP contribution in [0.25, 0.3) is 16.9 Å². The summed E-state index contributed by atoms with van der Waals surface area (Å²) in [6.45, 7) is 8.61. The maximum atomic E-state index is 13.9. The van der Waals surface area contributed by atoms with Gasteiger partial charge in [0.15, 0.2) is 0 Å². The molecule has 3 aromatic rings. The third-order valence-electron chi connectivity index (χ3n) is 7.78. The van der Waals surface area contributed by atoms with Crippen molar-refractivity contribution in [2.75, 3.05) is 57.4 Å². The van der Waals surface area contributed by atoms with E-state index >= 15 is 0 Å². The number of piperidine rings is 1. The molecule has 0 saturated carbocycles. The van der Waals surface area contributed by atoms with E-state index in [1.165, 1.54) is 21.4 Å². The predicted octanol–water partition coefficient (Wildman–Crippen LogP) is 3.97. The zero-order valence-electron chi connectivity index (χ0n) is 23.5. The van der Waals surface area contributed by atoms with Crippen molar-refractivity contribution in [1.82, 2.24) is 33.9 Å². The van der Waals surface area contributed by atoms with E-state index in [9.17, 15) is 21.6 Å². The van der Waals surface area contributed by atoms with E-state index in [2.05, 4.69) is 37.1 Å². The van der Waals surface area contributed by atoms with E-state index < -0.39 is 21.8 Å². The van der Waals surface area contributed by atoms with E-state index in [4.69, 9.17) is 11.6 Å². The van der Waals surface area contributed by atoms with Crippen molar-refractivity contribution in [3.05, 3.63) is 52.9 Å². The molecular formula is C27H34ClF3N8O2S. The smallest absolute Gasteiger partial charge is 0.351 e. The minimum Gasteiger partial charge on any atom is -0.351 e. The lowest BCUT2D eigenvalue weighted by Gasteiger charge is -2.34. The molecule has 1 aromatic carbocycles. The Morgan fingerprint density at radius 1 is 1.05 bits per heavy atom. The molecule has 2 aromatic heterocycles. The number of piperazine rings is 1. The summed E-state index contributed by atoms with van der Waals surface area (Å²) >= 11 is 6.61. The second-order valence-corrected chi connectivity index (χ2v) is 13.1. The largest absolute Gasteiger partial charge is 0.419 e. The molecule has 2 aliphatic heterocycles. The molecular weight excluding hydrogens is 593 g/mol. The van der Waals surface area contributed by atoms with Crippen LogP contribution in [0.4, 0.5) is 19.1 Å². The molecule has 15 heteroatoms. The van der Waals surface area contributed by atoms with Crippen LogP contribution in [0.2, 0.25) is 5.02 Å². The molecule has 5 rings (SSSR count). The van der Waals surface area contributed by atoms with Gasteiger partial charge in [0.25, 0.3) is 0 Å². The van der Waals surface area contributed by atoms with Gasteiger partial charge in [0.2, 0.25) is 16.0 Å². The third-order valence-corrected chi connectivity index (χ3v) is 9.39. The Morgan fingerprint density at radius 3 is 2.36 bits per heavy atom. The fourth-order valence-corrected chi connectivity index (χ4v) is 6.49. The molecule has 228 valence electrons. The monoisotopic (exact) mass is 626 g/mol. The van der Waals surface area contributed by atoms with Crippen molar-refractivity contribution in [1.29, 1.82) is 0 Å². The highest BCUT2D eigenvalue weighted by molar-refractivity contribution is 7.88. The first-order valence-electron chi connectivity index (χ1n) is 13.8. The summed E-state index contributed by atoms with van der Waals surface area (Å²) in [6, 6.07) is 5.46. The molecule has 4 heterocycles. The van der Waals surface area contributed by atoms with Crippen molar-refractivity contribution in [2.45, 2.75) is 38.5 Å². The number of nitrogens with zero attached hydrogens (tertiary/aromatic N) is 7. The molecule has 0 amide bonds. The lowest BCUT2D eigenvalue weighted by atomic mass is 10.1. The Bertz CT molecular complexity index is 1500. The summed E-state index contributed by atoms with van der Waals surface area (Å²) in [6.07, 6.45) is 0.986. The summed E-state index contributed by atoms with van der Waals surface area (Å²) in [5.74, 6) is 0.0331. The molecule has 2 fully saturated rings. The second-order valence-electron chi connectivity index (χ2n) is 10.7. The number of anilines is 1. The number of aromatic nitrogens is 4. The number of hydrogen-bond donors (Lipinski definition) is 1. The molecule has 0 atom stereocenters. The van der Waals surface area contributed by atoms with Gasteiger partial charge in [-0.1, -0.05) is 24.6 Å². The van der Waals surface area contributed by atoms with Crippen LogP contribution < -0.4 is 5.32 Å². The molecule has 1 N–H and O–H groups in total. The normalized spacial score (nSPS) is 18.4. The van der Waals surface area contributed by atoms with Crippen LogP contribution in [0.1, 0.15) is 30.9 Å². The highest BCUT2D eigenvalue weighted by Gasteiger charge is 2.36. The van der Waals surface area contributed by atoms with Crippen molar-refractivity contribution in [2.24, 2.45) is 0 Å². The Kier molecular flexibility index (Phi) is 9.09. The Morgan fingerprint density at radius 2 is 1.74 bits per heavy atom. The first-order valence-corrected chi connectivity index (χ1v) is 16.1. The molecule has 0 spiro atoms. The maximum Gasteiger partial charge on any atom is 0.419 e. The SMILES string of the molecule is CCN1CCN(Cc2ccc(-n3cc(-c4nc(NC5CCN(S(C)(=O)=O)CC5)ncc4C(F)(F)F)cn3)c(Cl)c2)CC1. The maximum absolute atomic E-state index is 13.9. The standard InChI is InChI=1S/C27H34ClF3N8O2S/c1-3-36-10-12-37(13-11-36)17-19-4-5-24(23(28)14-19)39-18-20(15-33-39)25-22(27(29,30)31)16-32-26(35-25)34-21-6-8-38(9-7-21)42(2,40)41/h4-5,14-16,18,21H,3,6-13,17H2,1-2H3,(H,32,34,35). The zero-order chi connectivity index (χ0) is 30.1. The van der Waals surface area contributed by atoms with E-state index in [1.54, 1.807) is 0 Å². The first kappa shape index (κ1) is 30.7. The number of benzene rings is 1. The topological polar surface area (TPSA) is 99.5 Å². The second kappa shape index (κ2) is 12.4. The van der Waals surface area contributed by atoms with E-state index in [0.29, 0.717) is 36.6 Å². The van der Waals surface area contributed by atoms with Crippen LogP contribution in [-0.2, 0) is 22.7 Å². The number of alkyl halides is 3. The van der Waals surface area contributed by atoms with Crippen LogP contribution in [-0.4, -0.2) is 100 Å². The summed E-state index contributed by atoms with van der Waals surface area (Å²) in [5.41, 5.74) is 0.465. The Hall–Kier alpha value is -2.78. The van der Waals surface area contributed by atoms with E-state index in [0.717, 1.165) is 57.3 Å². The van der Waals surface area contributed by atoms with Gasteiger partial charge in [0.05, 0.1) is 28.9 Å². The average molecular weight is 627 g/mol. The molecule has 0 aliphatic carbocycles. The van der Waals surface area contributed by atoms with Crippen LogP contribution in [0.5, 0.6) is 0 Å². The highest BCUT2D eigenvalue weighted by atomic mass is 35.5. The molecule has 2 aliphatic rings. The van der Waals surface area contributed by atoms with Crippen molar-refractivity contribution < 1.29 is 21.6 Å². The van der Waals surface area contributed by atoms with Gasteiger partial charge in [0, 0.05) is 69.8 Å². The highest BCUT2D eigenvalue weighted by Crippen LogP contribution is 2.36. The van der Waals surface area contributed by atoms with Gasteiger partial charge in [-0.15, -0.1) is 0 Å². The Balaban J connectivity index is 1.33. The summed E-state index contributed by atoms with van der Waals surface area (Å²) in [4.78, 5) is 12.9. The number of nitrogens with one attached hydrogen (secondary N) is 1. The van der Waals surface area contributed by atoms with Crippen LogP contribution >= 0.6 is 11.6 Å². The zero-order valence-corrected chi connectivity index (χ0v) is 25.1. The van der Waals surface area contributed by atoms with Crippen molar-refractivity contribution >= 4 is 27.6 Å². The van der Waals surface area contributed by atoms with Gasteiger partial charge in [-0.3, -0.25) is 4.90 Å². The van der Waals surface area contributed by atoms with Gasteiger partial charge >= 0.3 is 6.18 Å². The van der Waals surface area contributed by atoms with Crippen molar-refractivity contribution in [3.63, 3.8) is 0 Å². The molecule has 0 unspecified atom stereocenters. The fraction of sp³-hybridized carbons (Fsp3) is 0.519. The number of rotatable bonds is 8.